The molecule has 4 rings (SSSR count). The number of carbonyl (C=O) groups is 2. The van der Waals surface area contributed by atoms with Crippen LogP contribution >= 0.6 is 0 Å². The SMILES string of the molecule is CC(C)Oc1ccc(C2=C(N3CCOCC3)C(=O)N(Cc3cccnc3)C2=O)cc1. The van der Waals surface area contributed by atoms with Gasteiger partial charge >= 0.3 is 0 Å². The van der Waals surface area contributed by atoms with Crippen LogP contribution in [-0.2, 0) is 20.9 Å². The Morgan fingerprint density at radius 1 is 1.07 bits per heavy atom. The van der Waals surface area contributed by atoms with Crippen molar-refractivity contribution in [3.05, 3.63) is 65.6 Å². The van der Waals surface area contributed by atoms with Gasteiger partial charge in [0.15, 0.2) is 0 Å². The van der Waals surface area contributed by atoms with Gasteiger partial charge in [0, 0.05) is 25.5 Å². The van der Waals surface area contributed by atoms with E-state index >= 15 is 0 Å². The van der Waals surface area contributed by atoms with E-state index in [1.54, 1.807) is 18.5 Å². The monoisotopic (exact) mass is 407 g/mol. The summed E-state index contributed by atoms with van der Waals surface area (Å²) < 4.78 is 11.1. The number of morpholine rings is 1. The highest BCUT2D eigenvalue weighted by atomic mass is 16.5. The quantitative estimate of drug-likeness (QED) is 0.685. The summed E-state index contributed by atoms with van der Waals surface area (Å²) in [4.78, 5) is 34.1. The number of pyridine rings is 1. The Hall–Kier alpha value is -3.19. The zero-order chi connectivity index (χ0) is 21.1. The number of benzene rings is 1. The first-order chi connectivity index (χ1) is 14.5. The van der Waals surface area contributed by atoms with E-state index in [0.29, 0.717) is 43.1 Å². The van der Waals surface area contributed by atoms with Crippen molar-refractivity contribution in [2.24, 2.45) is 0 Å². The molecule has 0 unspecified atom stereocenters. The van der Waals surface area contributed by atoms with Crippen molar-refractivity contribution in [2.45, 2.75) is 26.5 Å². The largest absolute Gasteiger partial charge is 0.491 e. The normalized spacial score (nSPS) is 17.3. The number of hydrogen-bond donors (Lipinski definition) is 0. The molecular formula is C23H25N3O4. The molecule has 2 aromatic rings. The van der Waals surface area contributed by atoms with Crippen molar-refractivity contribution in [1.82, 2.24) is 14.8 Å². The predicted molar refractivity (Wildman–Crippen MR) is 111 cm³/mol. The van der Waals surface area contributed by atoms with Gasteiger partial charge in [-0.15, -0.1) is 0 Å². The molecule has 2 aliphatic rings. The van der Waals surface area contributed by atoms with E-state index in [9.17, 15) is 9.59 Å². The number of nitrogens with zero attached hydrogens (tertiary/aromatic N) is 3. The highest BCUT2D eigenvalue weighted by molar-refractivity contribution is 6.35. The molecule has 1 saturated heterocycles. The second-order valence-electron chi connectivity index (χ2n) is 7.57. The number of carbonyl (C=O) groups excluding carboxylic acids is 2. The standard InChI is InChI=1S/C23H25N3O4/c1-16(2)30-19-7-5-18(6-8-19)20-21(25-10-12-29-13-11-25)23(28)26(22(20)27)15-17-4-3-9-24-14-17/h3-9,14,16H,10-13,15H2,1-2H3. The summed E-state index contributed by atoms with van der Waals surface area (Å²) in [6, 6.07) is 11.0. The summed E-state index contributed by atoms with van der Waals surface area (Å²) >= 11 is 0. The summed E-state index contributed by atoms with van der Waals surface area (Å²) in [6.07, 6.45) is 3.40. The van der Waals surface area contributed by atoms with Gasteiger partial charge in [-0.3, -0.25) is 19.5 Å². The Morgan fingerprint density at radius 3 is 2.43 bits per heavy atom. The van der Waals surface area contributed by atoms with Gasteiger partial charge in [-0.05, 0) is 43.2 Å². The molecule has 0 spiro atoms. The van der Waals surface area contributed by atoms with E-state index in [0.717, 1.165) is 11.3 Å². The molecule has 1 aromatic heterocycles. The van der Waals surface area contributed by atoms with E-state index in [-0.39, 0.29) is 24.5 Å². The first kappa shape index (κ1) is 20.1. The van der Waals surface area contributed by atoms with Crippen LogP contribution in [-0.4, -0.2) is 59.0 Å². The number of aromatic nitrogens is 1. The Balaban J connectivity index is 1.69. The van der Waals surface area contributed by atoms with E-state index in [4.69, 9.17) is 9.47 Å². The summed E-state index contributed by atoms with van der Waals surface area (Å²) in [5.74, 6) is 0.164. The van der Waals surface area contributed by atoms with Crippen molar-refractivity contribution in [2.75, 3.05) is 26.3 Å². The Morgan fingerprint density at radius 2 is 1.80 bits per heavy atom. The molecule has 0 bridgehead atoms. The summed E-state index contributed by atoms with van der Waals surface area (Å²) in [5.41, 5.74) is 2.40. The van der Waals surface area contributed by atoms with Gasteiger partial charge in [-0.2, -0.15) is 0 Å². The summed E-state index contributed by atoms with van der Waals surface area (Å²) in [5, 5.41) is 0. The van der Waals surface area contributed by atoms with Crippen molar-refractivity contribution in [3.63, 3.8) is 0 Å². The van der Waals surface area contributed by atoms with Crippen LogP contribution < -0.4 is 4.74 Å². The fourth-order valence-corrected chi connectivity index (χ4v) is 3.69. The van der Waals surface area contributed by atoms with Gasteiger partial charge in [0.1, 0.15) is 11.4 Å². The summed E-state index contributed by atoms with van der Waals surface area (Å²) in [7, 11) is 0. The molecule has 0 radical (unpaired) electrons. The molecule has 30 heavy (non-hydrogen) atoms. The second kappa shape index (κ2) is 8.67. The first-order valence-electron chi connectivity index (χ1n) is 10.1. The van der Waals surface area contributed by atoms with Crippen molar-refractivity contribution in [1.29, 1.82) is 0 Å². The minimum atomic E-state index is -0.289. The van der Waals surface area contributed by atoms with Gasteiger partial charge in [0.2, 0.25) is 0 Å². The second-order valence-corrected chi connectivity index (χ2v) is 7.57. The zero-order valence-electron chi connectivity index (χ0n) is 17.2. The Kier molecular flexibility index (Phi) is 5.81. The molecule has 2 aliphatic heterocycles. The first-order valence-corrected chi connectivity index (χ1v) is 10.1. The topological polar surface area (TPSA) is 72.0 Å². The lowest BCUT2D eigenvalue weighted by Crippen LogP contribution is -2.40. The Bertz CT molecular complexity index is 948. The lowest BCUT2D eigenvalue weighted by atomic mass is 10.0. The molecule has 0 saturated carbocycles. The van der Waals surface area contributed by atoms with Crippen LogP contribution in [0, 0.1) is 0 Å². The minimum absolute atomic E-state index is 0.0589. The van der Waals surface area contributed by atoms with Gasteiger partial charge in [0.25, 0.3) is 11.8 Å². The van der Waals surface area contributed by atoms with Crippen molar-refractivity contribution >= 4 is 17.4 Å². The van der Waals surface area contributed by atoms with Crippen molar-refractivity contribution in [3.8, 4) is 5.75 Å². The minimum Gasteiger partial charge on any atom is -0.491 e. The lowest BCUT2D eigenvalue weighted by Gasteiger charge is -2.29. The number of imide groups is 1. The maximum atomic E-state index is 13.4. The highest BCUT2D eigenvalue weighted by Crippen LogP contribution is 2.33. The Labute approximate surface area is 175 Å². The average Bonchev–Trinajstić information content (AvgIpc) is 3.00. The molecule has 1 aromatic carbocycles. The summed E-state index contributed by atoms with van der Waals surface area (Å²) in [6.45, 7) is 6.33. The van der Waals surface area contributed by atoms with E-state index in [1.165, 1.54) is 4.90 Å². The maximum Gasteiger partial charge on any atom is 0.278 e. The number of rotatable bonds is 6. The van der Waals surface area contributed by atoms with Crippen LogP contribution in [0.4, 0.5) is 0 Å². The molecule has 156 valence electrons. The van der Waals surface area contributed by atoms with Crippen LogP contribution in [0.15, 0.2) is 54.5 Å². The molecule has 0 atom stereocenters. The molecule has 0 N–H and O–H groups in total. The van der Waals surface area contributed by atoms with Gasteiger partial charge in [0.05, 0.1) is 31.4 Å². The average molecular weight is 407 g/mol. The predicted octanol–water partition coefficient (Wildman–Crippen LogP) is 2.48. The molecule has 7 nitrogen and oxygen atoms in total. The third kappa shape index (κ3) is 4.07. The molecular weight excluding hydrogens is 382 g/mol. The van der Waals surface area contributed by atoms with Crippen LogP contribution in [0.1, 0.15) is 25.0 Å². The molecule has 7 heteroatoms. The highest BCUT2D eigenvalue weighted by Gasteiger charge is 2.41. The fourth-order valence-electron chi connectivity index (χ4n) is 3.69. The number of amides is 2. The molecule has 3 heterocycles. The molecule has 2 amide bonds. The van der Waals surface area contributed by atoms with Crippen LogP contribution in [0.3, 0.4) is 0 Å². The smallest absolute Gasteiger partial charge is 0.278 e. The van der Waals surface area contributed by atoms with Gasteiger partial charge in [-0.1, -0.05) is 18.2 Å². The fraction of sp³-hybridized carbons (Fsp3) is 0.348. The van der Waals surface area contributed by atoms with E-state index in [2.05, 4.69) is 4.98 Å². The lowest BCUT2D eigenvalue weighted by molar-refractivity contribution is -0.138. The maximum absolute atomic E-state index is 13.4. The number of hydrogen-bond acceptors (Lipinski definition) is 6. The zero-order valence-corrected chi connectivity index (χ0v) is 17.2. The van der Waals surface area contributed by atoms with Gasteiger partial charge < -0.3 is 14.4 Å². The molecule has 0 aliphatic carbocycles. The van der Waals surface area contributed by atoms with Crippen LogP contribution in [0.25, 0.3) is 5.57 Å². The van der Waals surface area contributed by atoms with E-state index < -0.39 is 0 Å². The van der Waals surface area contributed by atoms with Crippen LogP contribution in [0.5, 0.6) is 5.75 Å². The third-order valence-electron chi connectivity index (χ3n) is 5.05. The number of ether oxygens (including phenoxy) is 2. The van der Waals surface area contributed by atoms with Crippen molar-refractivity contribution < 1.29 is 19.1 Å². The van der Waals surface area contributed by atoms with Crippen LogP contribution in [0.2, 0.25) is 0 Å². The third-order valence-corrected chi connectivity index (χ3v) is 5.05. The van der Waals surface area contributed by atoms with Gasteiger partial charge in [-0.25, -0.2) is 0 Å². The molecule has 1 fully saturated rings. The van der Waals surface area contributed by atoms with E-state index in [1.807, 2.05) is 49.1 Å².